The lowest BCUT2D eigenvalue weighted by atomic mass is 10.3. The van der Waals surface area contributed by atoms with E-state index in [1.54, 1.807) is 12.3 Å². The van der Waals surface area contributed by atoms with Gasteiger partial charge in [0, 0.05) is 0 Å². The first-order valence-electron chi connectivity index (χ1n) is 4.15. The highest BCUT2D eigenvalue weighted by Gasteiger charge is 2.02. The van der Waals surface area contributed by atoms with E-state index in [0.717, 1.165) is 11.9 Å². The van der Waals surface area contributed by atoms with Crippen LogP contribution in [0.3, 0.4) is 0 Å². The molecule has 2 aromatic rings. The molecule has 5 heteroatoms. The Balaban J connectivity index is 2.34. The van der Waals surface area contributed by atoms with Crippen LogP contribution < -0.4 is 5.73 Å². The van der Waals surface area contributed by atoms with E-state index in [9.17, 15) is 4.39 Å². The van der Waals surface area contributed by atoms with Gasteiger partial charge in [-0.2, -0.15) is 0 Å². The highest BCUT2D eigenvalue weighted by atomic mass is 19.1. The zero-order valence-electron chi connectivity index (χ0n) is 7.37. The van der Waals surface area contributed by atoms with Crippen molar-refractivity contribution in [2.24, 2.45) is 5.73 Å². The lowest BCUT2D eigenvalue weighted by Gasteiger charge is -1.95. The quantitative estimate of drug-likeness (QED) is 0.747. The highest BCUT2D eigenvalue weighted by molar-refractivity contribution is 5.52. The predicted octanol–water partition coefficient (Wildman–Crippen LogP) is 1.07. The first-order valence-corrected chi connectivity index (χ1v) is 4.15. The van der Waals surface area contributed by atoms with Crippen molar-refractivity contribution in [3.05, 3.63) is 36.2 Å². The summed E-state index contributed by atoms with van der Waals surface area (Å²) in [5, 5.41) is 0. The number of H-pyrrole nitrogens is 1. The van der Waals surface area contributed by atoms with Crippen LogP contribution in [-0.4, -0.2) is 15.0 Å². The van der Waals surface area contributed by atoms with Crippen molar-refractivity contribution in [2.75, 3.05) is 0 Å². The smallest absolute Gasteiger partial charge is 0.141 e. The van der Waals surface area contributed by atoms with Crippen LogP contribution in [0.25, 0.3) is 11.4 Å². The van der Waals surface area contributed by atoms with Crippen LogP contribution in [0.2, 0.25) is 0 Å². The number of aromatic nitrogens is 3. The third-order valence-electron chi connectivity index (χ3n) is 1.83. The van der Waals surface area contributed by atoms with E-state index in [2.05, 4.69) is 15.0 Å². The van der Waals surface area contributed by atoms with Crippen LogP contribution in [0.5, 0.6) is 0 Å². The minimum Gasteiger partial charge on any atom is -0.340 e. The summed E-state index contributed by atoms with van der Waals surface area (Å²) < 4.78 is 12.6. The van der Waals surface area contributed by atoms with Crippen molar-refractivity contribution in [3.8, 4) is 11.4 Å². The fourth-order valence-corrected chi connectivity index (χ4v) is 1.13. The van der Waals surface area contributed by atoms with Gasteiger partial charge >= 0.3 is 0 Å². The molecule has 0 amide bonds. The van der Waals surface area contributed by atoms with Gasteiger partial charge in [-0.15, -0.1) is 0 Å². The highest BCUT2D eigenvalue weighted by Crippen LogP contribution is 2.13. The summed E-state index contributed by atoms with van der Waals surface area (Å²) in [6.45, 7) is 0.348. The maximum absolute atomic E-state index is 12.6. The monoisotopic (exact) mass is 192 g/mol. The lowest BCUT2D eigenvalue weighted by Crippen LogP contribution is -1.97. The molecular formula is C9H9FN4. The van der Waals surface area contributed by atoms with Crippen LogP contribution in [0.4, 0.5) is 4.39 Å². The molecule has 2 heterocycles. The van der Waals surface area contributed by atoms with Gasteiger partial charge in [-0.25, -0.2) is 9.37 Å². The van der Waals surface area contributed by atoms with Gasteiger partial charge in [-0.05, 0) is 12.1 Å². The van der Waals surface area contributed by atoms with Crippen LogP contribution in [-0.2, 0) is 6.54 Å². The number of hydrogen-bond acceptors (Lipinski definition) is 3. The number of nitrogens with one attached hydrogen (secondary N) is 1. The summed E-state index contributed by atoms with van der Waals surface area (Å²) in [7, 11) is 0. The second kappa shape index (κ2) is 3.55. The number of nitrogens with zero attached hydrogens (tertiary/aromatic N) is 2. The maximum atomic E-state index is 12.6. The van der Waals surface area contributed by atoms with E-state index in [-0.39, 0.29) is 5.82 Å². The zero-order valence-corrected chi connectivity index (χ0v) is 7.37. The van der Waals surface area contributed by atoms with Gasteiger partial charge in [0.25, 0.3) is 0 Å². The summed E-state index contributed by atoms with van der Waals surface area (Å²) in [5.41, 5.74) is 6.78. The Morgan fingerprint density at radius 2 is 2.14 bits per heavy atom. The van der Waals surface area contributed by atoms with Crippen LogP contribution >= 0.6 is 0 Å². The number of nitrogens with two attached hydrogens (primary N) is 1. The summed E-state index contributed by atoms with van der Waals surface area (Å²) >= 11 is 0. The molecule has 0 bridgehead atoms. The fourth-order valence-electron chi connectivity index (χ4n) is 1.13. The topological polar surface area (TPSA) is 67.6 Å². The molecule has 0 radical (unpaired) electrons. The Hall–Kier alpha value is -1.75. The van der Waals surface area contributed by atoms with Gasteiger partial charge in [0.1, 0.15) is 11.6 Å². The minimum atomic E-state index is -0.354. The fraction of sp³-hybridized carbons (Fsp3) is 0.111. The average molecular weight is 192 g/mol. The Kier molecular flexibility index (Phi) is 2.24. The second-order valence-corrected chi connectivity index (χ2v) is 2.81. The van der Waals surface area contributed by atoms with Crippen LogP contribution in [0.15, 0.2) is 24.5 Å². The van der Waals surface area contributed by atoms with Crippen molar-refractivity contribution >= 4 is 0 Å². The van der Waals surface area contributed by atoms with E-state index in [0.29, 0.717) is 18.1 Å². The molecule has 0 aromatic carbocycles. The summed E-state index contributed by atoms with van der Waals surface area (Å²) in [6, 6.07) is 2.94. The Morgan fingerprint density at radius 1 is 1.29 bits per heavy atom. The number of rotatable bonds is 2. The molecule has 0 atom stereocenters. The van der Waals surface area contributed by atoms with Gasteiger partial charge in [0.15, 0.2) is 0 Å². The Labute approximate surface area is 80.0 Å². The molecule has 3 N–H and O–H groups in total. The van der Waals surface area contributed by atoms with Gasteiger partial charge in [-0.3, -0.25) is 4.98 Å². The molecule has 0 saturated heterocycles. The maximum Gasteiger partial charge on any atom is 0.141 e. The predicted molar refractivity (Wildman–Crippen MR) is 49.7 cm³/mol. The first-order chi connectivity index (χ1) is 6.79. The third-order valence-corrected chi connectivity index (χ3v) is 1.83. The standard InChI is InChI=1S/C9H9FN4/c10-6-1-2-7(12-4-6)8-5-13-9(3-11)14-8/h1-2,4-5H,3,11H2,(H,13,14). The molecule has 2 aromatic heterocycles. The minimum absolute atomic E-state index is 0.348. The second-order valence-electron chi connectivity index (χ2n) is 2.81. The van der Waals surface area contributed by atoms with E-state index in [1.807, 2.05) is 0 Å². The summed E-state index contributed by atoms with van der Waals surface area (Å²) in [6.07, 6.45) is 2.79. The van der Waals surface area contributed by atoms with E-state index >= 15 is 0 Å². The van der Waals surface area contributed by atoms with Gasteiger partial charge in [-0.1, -0.05) is 0 Å². The molecular weight excluding hydrogens is 183 g/mol. The van der Waals surface area contributed by atoms with E-state index in [1.165, 1.54) is 6.07 Å². The summed E-state index contributed by atoms with van der Waals surface area (Å²) in [5.74, 6) is 0.332. The number of aromatic amines is 1. The lowest BCUT2D eigenvalue weighted by molar-refractivity contribution is 0.622. The molecule has 0 unspecified atom stereocenters. The first kappa shape index (κ1) is 8.83. The van der Waals surface area contributed by atoms with E-state index < -0.39 is 0 Å². The van der Waals surface area contributed by atoms with Crippen LogP contribution in [0, 0.1) is 5.82 Å². The van der Waals surface area contributed by atoms with Gasteiger partial charge in [0.05, 0.1) is 30.3 Å². The largest absolute Gasteiger partial charge is 0.340 e. The molecule has 0 spiro atoms. The molecule has 0 aliphatic rings. The normalized spacial score (nSPS) is 10.4. The van der Waals surface area contributed by atoms with Crippen molar-refractivity contribution in [1.82, 2.24) is 15.0 Å². The molecule has 14 heavy (non-hydrogen) atoms. The van der Waals surface area contributed by atoms with E-state index in [4.69, 9.17) is 5.73 Å². The van der Waals surface area contributed by atoms with Crippen molar-refractivity contribution in [2.45, 2.75) is 6.54 Å². The van der Waals surface area contributed by atoms with Gasteiger partial charge in [0.2, 0.25) is 0 Å². The average Bonchev–Trinajstić information content (AvgIpc) is 2.67. The summed E-state index contributed by atoms with van der Waals surface area (Å²) in [4.78, 5) is 10.9. The Morgan fingerprint density at radius 3 is 2.71 bits per heavy atom. The van der Waals surface area contributed by atoms with Crippen molar-refractivity contribution in [3.63, 3.8) is 0 Å². The molecule has 0 fully saturated rings. The molecule has 0 saturated carbocycles. The number of pyridine rings is 1. The molecule has 4 nitrogen and oxygen atoms in total. The molecule has 72 valence electrons. The zero-order chi connectivity index (χ0) is 9.97. The number of hydrogen-bond donors (Lipinski definition) is 2. The Bertz CT molecular complexity index is 421. The van der Waals surface area contributed by atoms with Gasteiger partial charge < -0.3 is 10.7 Å². The van der Waals surface area contributed by atoms with Crippen LogP contribution in [0.1, 0.15) is 5.82 Å². The van der Waals surface area contributed by atoms with Crippen molar-refractivity contribution in [1.29, 1.82) is 0 Å². The van der Waals surface area contributed by atoms with Crippen molar-refractivity contribution < 1.29 is 4.39 Å². The third kappa shape index (κ3) is 1.62. The molecule has 0 aliphatic heterocycles. The molecule has 0 aliphatic carbocycles. The molecule has 2 rings (SSSR count). The number of halogens is 1. The number of imidazole rings is 1. The SMILES string of the molecule is NCc1ncc(-c2ccc(F)cn2)[nH]1.